The molecule has 0 amide bonds. The van der Waals surface area contributed by atoms with E-state index in [1.165, 1.54) is 17.3 Å². The molecule has 1 N–H and O–H groups in total. The predicted molar refractivity (Wildman–Crippen MR) is 71.5 cm³/mol. The number of rotatable bonds is 5. The Hall–Kier alpha value is -2.88. The lowest BCUT2D eigenvalue weighted by Crippen LogP contribution is -2.38. The topological polar surface area (TPSA) is 95.7 Å². The van der Waals surface area contributed by atoms with E-state index in [9.17, 15) is 19.1 Å². The Morgan fingerprint density at radius 1 is 1.22 bits per heavy atom. The van der Waals surface area contributed by atoms with Gasteiger partial charge in [0.05, 0.1) is 6.54 Å². The summed E-state index contributed by atoms with van der Waals surface area (Å²) in [6.07, 6.45) is 4.70. The fraction of sp³-hybridized carbons (Fsp3) is 0.231. The quantitative estimate of drug-likeness (QED) is 0.526. The van der Waals surface area contributed by atoms with Gasteiger partial charge in [0.1, 0.15) is 36.4 Å². The molecule has 0 radical (unpaired) electrons. The van der Waals surface area contributed by atoms with Crippen molar-refractivity contribution in [2.24, 2.45) is 0 Å². The molecule has 0 aliphatic carbocycles. The van der Waals surface area contributed by atoms with Crippen molar-refractivity contribution in [2.75, 3.05) is 0 Å². The minimum Gasteiger partial charge on any atom is -0.740 e. The summed E-state index contributed by atoms with van der Waals surface area (Å²) in [5, 5.41) is 29.7. The lowest BCUT2D eigenvalue weighted by atomic mass is 9.93. The molecule has 2 aromatic heterocycles. The zero-order chi connectivity index (χ0) is 16.4. The monoisotopic (exact) mass is 322 g/mol. The van der Waals surface area contributed by atoms with Crippen molar-refractivity contribution in [1.29, 1.82) is 0 Å². The maximum Gasteiger partial charge on any atom is 0.265 e. The van der Waals surface area contributed by atoms with Crippen molar-refractivity contribution >= 4 is 0 Å². The Kier molecular flexibility index (Phi) is 3.74. The highest BCUT2D eigenvalue weighted by Crippen LogP contribution is 2.28. The minimum atomic E-state index is -1.81. The Bertz CT molecular complexity index is 807. The standard InChI is InChI=1S/C13H12F2N6O2/c14-10-1-2-11(12(15)3-10)13(22,4-19-7-16-6-17-19)5-20-9-21(23)8-18-20/h1-3,6-9,22H,4-5H2/t13-/m1/s1. The van der Waals surface area contributed by atoms with Gasteiger partial charge in [-0.2, -0.15) is 5.10 Å². The summed E-state index contributed by atoms with van der Waals surface area (Å²) in [7, 11) is 0. The first-order valence-corrected chi connectivity index (χ1v) is 6.58. The van der Waals surface area contributed by atoms with E-state index in [0.717, 1.165) is 29.5 Å². The van der Waals surface area contributed by atoms with Crippen molar-refractivity contribution in [3.05, 3.63) is 65.9 Å². The summed E-state index contributed by atoms with van der Waals surface area (Å²) in [6, 6.07) is 2.87. The average Bonchev–Trinajstić information content (AvgIpc) is 3.10. The molecule has 0 unspecified atom stereocenters. The number of hydrogen-bond donors (Lipinski definition) is 1. The van der Waals surface area contributed by atoms with E-state index in [4.69, 9.17) is 0 Å². The van der Waals surface area contributed by atoms with Gasteiger partial charge in [-0.15, -0.1) is 4.68 Å². The van der Waals surface area contributed by atoms with Gasteiger partial charge in [-0.05, 0) is 6.07 Å². The van der Waals surface area contributed by atoms with Crippen LogP contribution in [0.4, 0.5) is 8.78 Å². The zero-order valence-electron chi connectivity index (χ0n) is 11.8. The van der Waals surface area contributed by atoms with Crippen LogP contribution in [0.5, 0.6) is 0 Å². The van der Waals surface area contributed by atoms with Crippen LogP contribution in [0.2, 0.25) is 0 Å². The first-order valence-electron chi connectivity index (χ1n) is 6.58. The lowest BCUT2D eigenvalue weighted by molar-refractivity contribution is -0.606. The van der Waals surface area contributed by atoms with Crippen molar-refractivity contribution < 1.29 is 18.6 Å². The van der Waals surface area contributed by atoms with Crippen LogP contribution < -0.4 is 4.73 Å². The Morgan fingerprint density at radius 2 is 2.00 bits per heavy atom. The second-order valence-corrected chi connectivity index (χ2v) is 5.05. The van der Waals surface area contributed by atoms with Gasteiger partial charge in [0, 0.05) is 16.7 Å². The van der Waals surface area contributed by atoms with Crippen molar-refractivity contribution in [3.8, 4) is 0 Å². The molecule has 3 aromatic rings. The number of halogens is 2. The molecule has 3 rings (SSSR count). The largest absolute Gasteiger partial charge is 0.740 e. The first kappa shape index (κ1) is 15.0. The maximum absolute atomic E-state index is 14.1. The van der Waals surface area contributed by atoms with Gasteiger partial charge >= 0.3 is 0 Å². The van der Waals surface area contributed by atoms with E-state index in [-0.39, 0.29) is 18.7 Å². The lowest BCUT2D eigenvalue weighted by Gasteiger charge is -2.26. The van der Waals surface area contributed by atoms with Crippen LogP contribution in [0.25, 0.3) is 0 Å². The molecule has 23 heavy (non-hydrogen) atoms. The van der Waals surface area contributed by atoms with Gasteiger partial charge in [0.25, 0.3) is 6.33 Å². The summed E-state index contributed by atoms with van der Waals surface area (Å²) in [6.45, 7) is -0.390. The minimum absolute atomic E-state index is 0.137. The van der Waals surface area contributed by atoms with E-state index in [2.05, 4.69) is 15.2 Å². The van der Waals surface area contributed by atoms with Crippen LogP contribution >= 0.6 is 0 Å². The fourth-order valence-electron chi connectivity index (χ4n) is 2.33. The van der Waals surface area contributed by atoms with Crippen LogP contribution in [0.15, 0.2) is 43.5 Å². The average molecular weight is 322 g/mol. The summed E-state index contributed by atoms with van der Waals surface area (Å²) in [5.41, 5.74) is -1.95. The highest BCUT2D eigenvalue weighted by molar-refractivity contribution is 5.25. The second-order valence-electron chi connectivity index (χ2n) is 5.05. The fourth-order valence-corrected chi connectivity index (χ4v) is 2.33. The summed E-state index contributed by atoms with van der Waals surface area (Å²) >= 11 is 0. The van der Waals surface area contributed by atoms with Crippen molar-refractivity contribution in [1.82, 2.24) is 24.5 Å². The molecule has 10 heteroatoms. The molecule has 0 aliphatic heterocycles. The molecular formula is C13H12F2N6O2. The number of hydrogen-bond acceptors (Lipinski definition) is 5. The third-order valence-electron chi connectivity index (χ3n) is 3.31. The molecule has 0 spiro atoms. The SMILES string of the molecule is [O-][n+]1cnn(C[C@](O)(Cn2cncn2)c2ccc(F)cc2F)c1. The number of aliphatic hydroxyl groups is 1. The first-order chi connectivity index (χ1) is 11.0. The second kappa shape index (κ2) is 5.72. The highest BCUT2D eigenvalue weighted by Gasteiger charge is 2.36. The smallest absolute Gasteiger partial charge is 0.265 e. The predicted octanol–water partition coefficient (Wildman–Crippen LogP) is -0.0258. The number of aromatic nitrogens is 6. The van der Waals surface area contributed by atoms with E-state index in [0.29, 0.717) is 10.8 Å². The molecule has 0 fully saturated rings. The molecule has 2 heterocycles. The summed E-state index contributed by atoms with van der Waals surface area (Å²) < 4.78 is 30.2. The molecule has 0 aliphatic rings. The maximum atomic E-state index is 14.1. The van der Waals surface area contributed by atoms with Crippen LogP contribution in [0.3, 0.4) is 0 Å². The third kappa shape index (κ3) is 3.16. The third-order valence-corrected chi connectivity index (χ3v) is 3.31. The Labute approximate surface area is 128 Å². The van der Waals surface area contributed by atoms with Crippen molar-refractivity contribution in [3.63, 3.8) is 0 Å². The zero-order valence-corrected chi connectivity index (χ0v) is 11.8. The van der Waals surface area contributed by atoms with Gasteiger partial charge in [-0.1, -0.05) is 6.07 Å². The number of nitrogens with zero attached hydrogens (tertiary/aromatic N) is 6. The summed E-state index contributed by atoms with van der Waals surface area (Å²) in [5.74, 6) is -1.67. The molecule has 0 bridgehead atoms. The molecule has 0 saturated heterocycles. The van der Waals surface area contributed by atoms with Crippen molar-refractivity contribution in [2.45, 2.75) is 18.7 Å². The molecular weight excluding hydrogens is 310 g/mol. The van der Waals surface area contributed by atoms with Gasteiger partial charge in [0.2, 0.25) is 6.33 Å². The van der Waals surface area contributed by atoms with Gasteiger partial charge in [-0.25, -0.2) is 18.4 Å². The van der Waals surface area contributed by atoms with Crippen LogP contribution in [0, 0.1) is 16.8 Å². The highest BCUT2D eigenvalue weighted by atomic mass is 19.1. The van der Waals surface area contributed by atoms with Gasteiger partial charge in [0.15, 0.2) is 0 Å². The molecule has 8 nitrogen and oxygen atoms in total. The Morgan fingerprint density at radius 3 is 2.61 bits per heavy atom. The number of benzene rings is 1. The van der Waals surface area contributed by atoms with Crippen LogP contribution in [-0.4, -0.2) is 29.7 Å². The van der Waals surface area contributed by atoms with Crippen LogP contribution in [0.1, 0.15) is 5.56 Å². The molecule has 120 valence electrons. The molecule has 1 aromatic carbocycles. The molecule has 1 atom stereocenters. The summed E-state index contributed by atoms with van der Waals surface area (Å²) in [4.78, 5) is 3.76. The van der Waals surface area contributed by atoms with E-state index >= 15 is 0 Å². The van der Waals surface area contributed by atoms with E-state index in [1.54, 1.807) is 0 Å². The van der Waals surface area contributed by atoms with E-state index < -0.39 is 17.2 Å². The van der Waals surface area contributed by atoms with Gasteiger partial charge < -0.3 is 10.3 Å². The van der Waals surface area contributed by atoms with E-state index in [1.807, 2.05) is 0 Å². The Balaban J connectivity index is 2.01. The molecule has 0 saturated carbocycles. The normalized spacial score (nSPS) is 13.9. The van der Waals surface area contributed by atoms with Crippen LogP contribution in [-0.2, 0) is 18.7 Å². The van der Waals surface area contributed by atoms with Gasteiger partial charge in [-0.3, -0.25) is 4.73 Å².